The average Bonchev–Trinajstić information content (AvgIpc) is 3.44. The number of cyclic esters (lactones) is 1. The number of carbonyl (C=O) groups is 1. The SMILES string of the molecule is CC(C)(C)[Si](C)(C)O[C@H]1CC[C@@]2(C)[C@H](CC[C@@H]3[C@@H]2CC[C@]2(C)[C@@H](C4COC(=O)C4[Se](=O)c4ccccc4)CC[C@]32O)C1. The predicted octanol–water partition coefficient (Wildman–Crippen LogP) is 7.02. The first-order valence-corrected chi connectivity index (χ1v) is 22.1. The van der Waals surface area contributed by atoms with E-state index in [4.69, 9.17) is 9.16 Å². The molecule has 6 rings (SSSR count). The van der Waals surface area contributed by atoms with E-state index < -0.39 is 32.6 Å². The van der Waals surface area contributed by atoms with Gasteiger partial charge in [0.2, 0.25) is 0 Å². The molecule has 5 fully saturated rings. The fraction of sp³-hybridized carbons (Fsp3) is 0.800. The summed E-state index contributed by atoms with van der Waals surface area (Å²) in [5.41, 5.74) is -0.760. The number of ether oxygens (including phenoxy) is 1. The summed E-state index contributed by atoms with van der Waals surface area (Å²) in [5, 5.41) is 13.0. The van der Waals surface area contributed by atoms with Crippen LogP contribution in [0, 0.1) is 40.4 Å². The van der Waals surface area contributed by atoms with Crippen molar-refractivity contribution in [1.82, 2.24) is 0 Å². The molecule has 0 amide bonds. The molecule has 3 unspecified atom stereocenters. The standard InChI is InChI=1S/C35H54O5SeSi/c1-32(2,3)42(6,7)40-24-15-18-33(4)23(21-24)13-14-29-28(33)16-19-34(5)27(17-20-35(29,34)37)26-22-39-31(36)30(26)41(38)25-11-9-8-10-12-25/h8-12,23-24,26-30,37H,13-22H2,1-7H3/t23-,24+,26?,27-,28+,29-,30?,33+,34-,35+,41?/m1/s1. The molecule has 1 N–H and O–H groups in total. The number of hydrogen-bond donors (Lipinski definition) is 1. The van der Waals surface area contributed by atoms with Crippen molar-refractivity contribution in [1.29, 1.82) is 0 Å². The minimum atomic E-state index is -2.63. The van der Waals surface area contributed by atoms with E-state index in [-0.39, 0.29) is 33.7 Å². The minimum absolute atomic E-state index is 0.0781. The first-order chi connectivity index (χ1) is 19.6. The molecule has 0 bridgehead atoms. The van der Waals surface area contributed by atoms with Crippen LogP contribution in [-0.2, 0) is 17.8 Å². The Bertz CT molecular complexity index is 1210. The van der Waals surface area contributed by atoms with Crippen LogP contribution in [0.1, 0.15) is 92.4 Å². The molecule has 4 aliphatic carbocycles. The quantitative estimate of drug-likeness (QED) is 0.271. The zero-order valence-corrected chi connectivity index (χ0v) is 29.7. The zero-order valence-electron chi connectivity index (χ0n) is 27.0. The molecule has 11 atom stereocenters. The second kappa shape index (κ2) is 10.6. The van der Waals surface area contributed by atoms with E-state index in [9.17, 15) is 13.7 Å². The molecule has 5 aliphatic rings. The predicted molar refractivity (Wildman–Crippen MR) is 169 cm³/mol. The molecule has 234 valence electrons. The molecular formula is C35H54O5SeSi. The zero-order chi connectivity index (χ0) is 30.3. The van der Waals surface area contributed by atoms with Gasteiger partial charge in [-0.3, -0.25) is 0 Å². The summed E-state index contributed by atoms with van der Waals surface area (Å²) in [6, 6.07) is 9.51. The van der Waals surface area contributed by atoms with Crippen molar-refractivity contribution < 1.29 is 22.9 Å². The third-order valence-corrected chi connectivity index (χ3v) is 22.1. The van der Waals surface area contributed by atoms with Crippen molar-refractivity contribution in [2.75, 3.05) is 6.61 Å². The average molecular weight is 662 g/mol. The summed E-state index contributed by atoms with van der Waals surface area (Å²) in [5.74, 6) is 1.28. The van der Waals surface area contributed by atoms with E-state index in [0.29, 0.717) is 30.5 Å². The molecule has 5 nitrogen and oxygen atoms in total. The summed E-state index contributed by atoms with van der Waals surface area (Å²) in [7, 11) is -1.80. The Kier molecular flexibility index (Phi) is 7.87. The van der Waals surface area contributed by atoms with Gasteiger partial charge in [0, 0.05) is 0 Å². The number of benzene rings is 1. The fourth-order valence-electron chi connectivity index (χ4n) is 10.4. The maximum absolute atomic E-state index is 13.8. The molecule has 1 aromatic rings. The van der Waals surface area contributed by atoms with Gasteiger partial charge in [-0.25, -0.2) is 0 Å². The topological polar surface area (TPSA) is 72.8 Å². The summed E-state index contributed by atoms with van der Waals surface area (Å²) in [4.78, 5) is 12.5. The second-order valence-corrected chi connectivity index (χ2v) is 24.7. The van der Waals surface area contributed by atoms with Crippen LogP contribution in [0.3, 0.4) is 0 Å². The Hall–Kier alpha value is -0.854. The number of carbonyl (C=O) groups excluding carboxylic acids is 1. The normalized spacial score (nSPS) is 44.6. The molecule has 0 aromatic heterocycles. The van der Waals surface area contributed by atoms with Gasteiger partial charge < -0.3 is 0 Å². The van der Waals surface area contributed by atoms with Gasteiger partial charge >= 0.3 is 213 Å². The van der Waals surface area contributed by atoms with Gasteiger partial charge in [-0.15, -0.1) is 0 Å². The molecule has 1 aliphatic heterocycles. The van der Waals surface area contributed by atoms with Crippen molar-refractivity contribution in [2.24, 2.45) is 40.4 Å². The Morgan fingerprint density at radius 3 is 2.33 bits per heavy atom. The van der Waals surface area contributed by atoms with Crippen LogP contribution in [0.2, 0.25) is 22.9 Å². The molecule has 0 radical (unpaired) electrons. The molecular weight excluding hydrogens is 607 g/mol. The molecule has 42 heavy (non-hydrogen) atoms. The first-order valence-electron chi connectivity index (χ1n) is 16.6. The van der Waals surface area contributed by atoms with Crippen molar-refractivity contribution in [3.05, 3.63) is 30.3 Å². The number of esters is 1. The van der Waals surface area contributed by atoms with Gasteiger partial charge in [-0.2, -0.15) is 0 Å². The molecule has 1 aromatic carbocycles. The van der Waals surface area contributed by atoms with Crippen LogP contribution in [0.25, 0.3) is 0 Å². The van der Waals surface area contributed by atoms with Gasteiger partial charge in [0.15, 0.2) is 8.32 Å². The van der Waals surface area contributed by atoms with Crippen LogP contribution >= 0.6 is 0 Å². The summed E-state index contributed by atoms with van der Waals surface area (Å²) < 4.78 is 27.2. The monoisotopic (exact) mass is 662 g/mol. The summed E-state index contributed by atoms with van der Waals surface area (Å²) in [6.45, 7) is 17.0. The van der Waals surface area contributed by atoms with E-state index in [2.05, 4.69) is 47.7 Å². The van der Waals surface area contributed by atoms with Gasteiger partial charge in [-0.1, -0.05) is 20.8 Å². The van der Waals surface area contributed by atoms with E-state index >= 15 is 0 Å². The fourth-order valence-corrected chi connectivity index (χ4v) is 15.1. The van der Waals surface area contributed by atoms with E-state index in [0.717, 1.165) is 43.0 Å². The summed E-state index contributed by atoms with van der Waals surface area (Å²) in [6.07, 6.45) is 9.94. The molecule has 7 heteroatoms. The van der Waals surface area contributed by atoms with E-state index in [1.54, 1.807) is 0 Å². The number of aliphatic hydroxyl groups is 1. The van der Waals surface area contributed by atoms with Crippen LogP contribution in [-0.4, -0.2) is 51.5 Å². The van der Waals surface area contributed by atoms with Crippen LogP contribution in [0.5, 0.6) is 0 Å². The molecule has 4 saturated carbocycles. The van der Waals surface area contributed by atoms with Crippen molar-refractivity contribution >= 4 is 32.6 Å². The number of rotatable bonds is 5. The van der Waals surface area contributed by atoms with Gasteiger partial charge in [-0.05, 0) is 18.1 Å². The number of hydrogen-bond acceptors (Lipinski definition) is 5. The third kappa shape index (κ3) is 4.70. The van der Waals surface area contributed by atoms with E-state index in [1.165, 1.54) is 19.3 Å². The Morgan fingerprint density at radius 1 is 0.952 bits per heavy atom. The van der Waals surface area contributed by atoms with Crippen LogP contribution < -0.4 is 4.46 Å². The molecule has 0 spiro atoms. The first kappa shape index (κ1) is 31.1. The summed E-state index contributed by atoms with van der Waals surface area (Å²) >= 11 is -2.63. The second-order valence-electron chi connectivity index (χ2n) is 16.6. The Labute approximate surface area is 259 Å². The molecule has 1 heterocycles. The van der Waals surface area contributed by atoms with Crippen LogP contribution in [0.15, 0.2) is 30.3 Å². The Morgan fingerprint density at radius 2 is 1.64 bits per heavy atom. The van der Waals surface area contributed by atoms with Gasteiger partial charge in [0.1, 0.15) is 0 Å². The number of fused-ring (bicyclic) bond motifs is 5. The maximum atomic E-state index is 13.8. The van der Waals surface area contributed by atoms with E-state index in [1.807, 2.05) is 30.3 Å². The van der Waals surface area contributed by atoms with Crippen LogP contribution in [0.4, 0.5) is 0 Å². The van der Waals surface area contributed by atoms with Crippen molar-refractivity contribution in [2.45, 2.75) is 127 Å². The van der Waals surface area contributed by atoms with Gasteiger partial charge in [0.05, 0.1) is 0 Å². The van der Waals surface area contributed by atoms with Gasteiger partial charge in [0.25, 0.3) is 0 Å². The van der Waals surface area contributed by atoms with Crippen molar-refractivity contribution in [3.63, 3.8) is 0 Å². The molecule has 1 saturated heterocycles. The van der Waals surface area contributed by atoms with Crippen molar-refractivity contribution in [3.8, 4) is 0 Å². The third-order valence-electron chi connectivity index (χ3n) is 13.9. The Balaban J connectivity index is 1.21.